The van der Waals surface area contributed by atoms with Gasteiger partial charge in [-0.3, -0.25) is 4.79 Å². The molecule has 0 amide bonds. The second-order valence-electron chi connectivity index (χ2n) is 8.30. The van der Waals surface area contributed by atoms with Crippen LogP contribution in [0.5, 0.6) is 5.75 Å². The Hall–Kier alpha value is -5.11. The first-order valence-electron chi connectivity index (χ1n) is 12.7. The van der Waals surface area contributed by atoms with Crippen molar-refractivity contribution in [3.63, 3.8) is 0 Å². The number of ether oxygens (including phenoxy) is 1. The van der Waals surface area contributed by atoms with E-state index >= 15 is 0 Å². The third-order valence-electron chi connectivity index (χ3n) is 6.02. The molecule has 3 N–H and O–H groups in total. The first kappa shape index (κ1) is 26.9. The van der Waals surface area contributed by atoms with Gasteiger partial charge < -0.3 is 20.4 Å². The quantitative estimate of drug-likeness (QED) is 0.182. The minimum atomic E-state index is 0.537. The van der Waals surface area contributed by atoms with E-state index in [4.69, 9.17) is 4.74 Å². The number of rotatable bonds is 9. The van der Waals surface area contributed by atoms with E-state index in [1.54, 1.807) is 19.6 Å². The predicted octanol–water partition coefficient (Wildman–Crippen LogP) is 6.93. The maximum Gasteiger partial charge on any atom is 0.236 e. The Bertz CT molecular complexity index is 1510. The number of H-pyrrole nitrogens is 1. The number of methoxy groups -OCH3 is 1. The molecule has 2 aromatic heterocycles. The molecule has 0 unspecified atom stereocenters. The molecule has 0 atom stereocenters. The zero-order valence-corrected chi connectivity index (χ0v) is 22.5. The van der Waals surface area contributed by atoms with Gasteiger partial charge >= 0.3 is 0 Å². The summed E-state index contributed by atoms with van der Waals surface area (Å²) in [6.07, 6.45) is 3.99. The summed E-state index contributed by atoms with van der Waals surface area (Å²) in [7, 11) is 1.64. The van der Waals surface area contributed by atoms with Crippen molar-refractivity contribution in [3.05, 3.63) is 109 Å². The van der Waals surface area contributed by atoms with Crippen LogP contribution in [0.2, 0.25) is 0 Å². The van der Waals surface area contributed by atoms with Crippen LogP contribution in [0.1, 0.15) is 26.3 Å². The summed E-state index contributed by atoms with van der Waals surface area (Å²) in [5.41, 5.74) is 5.23. The average molecular weight is 521 g/mol. The smallest absolute Gasteiger partial charge is 0.236 e. The summed E-state index contributed by atoms with van der Waals surface area (Å²) in [5, 5.41) is 11.5. The van der Waals surface area contributed by atoms with Gasteiger partial charge in [-0.05, 0) is 35.8 Å². The van der Waals surface area contributed by atoms with E-state index in [9.17, 15) is 4.79 Å². The lowest BCUT2D eigenvalue weighted by Gasteiger charge is -2.18. The van der Waals surface area contributed by atoms with Gasteiger partial charge in [-0.25, -0.2) is 4.98 Å². The van der Waals surface area contributed by atoms with Crippen LogP contribution in [0, 0.1) is 0 Å². The lowest BCUT2D eigenvalue weighted by Crippen LogP contribution is -2.16. The minimum Gasteiger partial charge on any atom is -0.497 e. The molecule has 0 spiro atoms. The van der Waals surface area contributed by atoms with E-state index in [0.717, 1.165) is 33.6 Å². The van der Waals surface area contributed by atoms with Crippen molar-refractivity contribution in [2.45, 2.75) is 20.8 Å². The van der Waals surface area contributed by atoms with Crippen LogP contribution in [0.25, 0.3) is 28.0 Å². The Balaban J connectivity index is 0.00000172. The van der Waals surface area contributed by atoms with Crippen LogP contribution in [-0.2, 0) is 4.79 Å². The zero-order valence-electron chi connectivity index (χ0n) is 22.5. The molecular formula is C31H32N6O2. The van der Waals surface area contributed by atoms with Crippen molar-refractivity contribution in [1.82, 2.24) is 19.7 Å². The van der Waals surface area contributed by atoms with E-state index in [2.05, 4.69) is 25.7 Å². The van der Waals surface area contributed by atoms with E-state index in [0.29, 0.717) is 29.6 Å². The number of allylic oxidation sites excluding steroid dienone is 1. The molecule has 8 heteroatoms. The van der Waals surface area contributed by atoms with E-state index in [-0.39, 0.29) is 0 Å². The molecule has 0 saturated heterocycles. The highest BCUT2D eigenvalue weighted by molar-refractivity contribution is 5.92. The van der Waals surface area contributed by atoms with Crippen LogP contribution >= 0.6 is 0 Å². The number of aromatic nitrogens is 4. The van der Waals surface area contributed by atoms with Crippen LogP contribution in [0.4, 0.5) is 11.6 Å². The molecule has 0 fully saturated rings. The van der Waals surface area contributed by atoms with Crippen molar-refractivity contribution in [3.8, 4) is 28.1 Å². The molecule has 0 saturated carbocycles. The largest absolute Gasteiger partial charge is 0.497 e. The Morgan fingerprint density at radius 2 is 1.54 bits per heavy atom. The minimum absolute atomic E-state index is 0.537. The van der Waals surface area contributed by atoms with Crippen molar-refractivity contribution < 1.29 is 9.53 Å². The topological polar surface area (TPSA) is 96.9 Å². The standard InChI is InChI=1S/C29H26N6O2.C2H6/c1-20(21-13-15-24(37-2)16-14-21)28(32-25-17-30-18-31-25)33-29-26(22-9-5-3-6-10-22)27(34-35(29)19-36)23-11-7-4-8-12-23;1-2/h3-19,32-33H,1-2H3,(H,30,31);1-2H3/b28-20+;. The maximum absolute atomic E-state index is 12.3. The lowest BCUT2D eigenvalue weighted by molar-refractivity contribution is 0.415. The summed E-state index contributed by atoms with van der Waals surface area (Å²) in [5.74, 6) is 2.66. The second-order valence-corrected chi connectivity index (χ2v) is 8.30. The number of anilines is 2. The van der Waals surface area contributed by atoms with Gasteiger partial charge in [-0.1, -0.05) is 86.6 Å². The van der Waals surface area contributed by atoms with Gasteiger partial charge in [0, 0.05) is 5.56 Å². The van der Waals surface area contributed by atoms with Gasteiger partial charge in [0.25, 0.3) is 0 Å². The summed E-state index contributed by atoms with van der Waals surface area (Å²) in [6.45, 7) is 6.00. The Kier molecular flexibility index (Phi) is 8.92. The molecule has 0 bridgehead atoms. The highest BCUT2D eigenvalue weighted by Gasteiger charge is 2.22. The summed E-state index contributed by atoms with van der Waals surface area (Å²) >= 11 is 0. The normalized spacial score (nSPS) is 11.1. The number of carbonyl (C=O) groups is 1. The third kappa shape index (κ3) is 6.07. The van der Waals surface area contributed by atoms with E-state index < -0.39 is 0 Å². The number of hydrogen-bond donors (Lipinski definition) is 3. The van der Waals surface area contributed by atoms with Crippen LogP contribution in [0.3, 0.4) is 0 Å². The van der Waals surface area contributed by atoms with Gasteiger partial charge in [-0.15, -0.1) is 0 Å². The van der Waals surface area contributed by atoms with Crippen LogP contribution < -0.4 is 15.4 Å². The molecule has 39 heavy (non-hydrogen) atoms. The number of carbonyl (C=O) groups excluding carboxylic acids is 1. The highest BCUT2D eigenvalue weighted by atomic mass is 16.5. The van der Waals surface area contributed by atoms with E-state index in [1.807, 2.05) is 106 Å². The molecule has 198 valence electrons. The Morgan fingerprint density at radius 1 is 0.897 bits per heavy atom. The van der Waals surface area contributed by atoms with Crippen molar-refractivity contribution in [1.29, 1.82) is 0 Å². The molecule has 2 heterocycles. The van der Waals surface area contributed by atoms with Gasteiger partial charge in [0.15, 0.2) is 0 Å². The van der Waals surface area contributed by atoms with Crippen LogP contribution in [0.15, 0.2) is 103 Å². The fourth-order valence-electron chi connectivity index (χ4n) is 4.09. The average Bonchev–Trinajstić information content (AvgIpc) is 3.66. The molecule has 0 aliphatic heterocycles. The number of nitrogens with one attached hydrogen (secondary N) is 3. The Labute approximate surface area is 228 Å². The van der Waals surface area contributed by atoms with Gasteiger partial charge in [0.1, 0.15) is 28.9 Å². The Morgan fingerprint density at radius 3 is 2.10 bits per heavy atom. The molecular weight excluding hydrogens is 488 g/mol. The fourth-order valence-corrected chi connectivity index (χ4v) is 4.09. The lowest BCUT2D eigenvalue weighted by atomic mass is 10.0. The molecule has 0 aliphatic carbocycles. The van der Waals surface area contributed by atoms with Gasteiger partial charge in [0.05, 0.1) is 25.2 Å². The molecule has 8 nitrogen and oxygen atoms in total. The summed E-state index contributed by atoms with van der Waals surface area (Å²) < 4.78 is 6.65. The van der Waals surface area contributed by atoms with E-state index in [1.165, 1.54) is 4.68 Å². The molecule has 5 rings (SSSR count). The van der Waals surface area contributed by atoms with Crippen LogP contribution in [-0.4, -0.2) is 33.3 Å². The zero-order chi connectivity index (χ0) is 27.6. The summed E-state index contributed by atoms with van der Waals surface area (Å²) in [6, 6.07) is 27.5. The van der Waals surface area contributed by atoms with Gasteiger partial charge in [-0.2, -0.15) is 9.78 Å². The van der Waals surface area contributed by atoms with Gasteiger partial charge in [0.2, 0.25) is 6.41 Å². The monoisotopic (exact) mass is 520 g/mol. The number of hydrogen-bond acceptors (Lipinski definition) is 6. The first-order chi connectivity index (χ1) is 19.2. The molecule has 3 aromatic carbocycles. The first-order valence-corrected chi connectivity index (χ1v) is 12.7. The fraction of sp³-hybridized carbons (Fsp3) is 0.129. The molecule has 0 radical (unpaired) electrons. The predicted molar refractivity (Wildman–Crippen MR) is 158 cm³/mol. The number of nitrogens with zero attached hydrogens (tertiary/aromatic N) is 3. The molecule has 5 aromatic rings. The molecule has 0 aliphatic rings. The third-order valence-corrected chi connectivity index (χ3v) is 6.02. The van der Waals surface area contributed by atoms with Crippen molar-refractivity contribution in [2.24, 2.45) is 0 Å². The van der Waals surface area contributed by atoms with Crippen molar-refractivity contribution >= 4 is 23.6 Å². The second kappa shape index (κ2) is 12.9. The summed E-state index contributed by atoms with van der Waals surface area (Å²) in [4.78, 5) is 19.5. The SMILES string of the molecule is CC.COc1ccc(/C(C)=C(\Nc2cnc[nH]2)Nc2c(-c3ccccc3)c(-c3ccccc3)nn2C=O)cc1. The number of imidazole rings is 1. The van der Waals surface area contributed by atoms with Crippen molar-refractivity contribution in [2.75, 3.05) is 17.7 Å². The number of benzene rings is 3. The highest BCUT2D eigenvalue weighted by Crippen LogP contribution is 2.38. The number of aromatic amines is 1. The maximum atomic E-state index is 12.3.